The van der Waals surface area contributed by atoms with Crippen LogP contribution in [0.3, 0.4) is 0 Å². The van der Waals surface area contributed by atoms with E-state index in [1.807, 2.05) is 24.3 Å². The van der Waals surface area contributed by atoms with Gasteiger partial charge in [-0.15, -0.1) is 0 Å². The van der Waals surface area contributed by atoms with Gasteiger partial charge in [0.25, 0.3) is 0 Å². The molecule has 0 aliphatic carbocycles. The highest BCUT2D eigenvalue weighted by molar-refractivity contribution is 5.95. The Kier molecular flexibility index (Phi) is 11.6. The Balaban J connectivity index is 1.74. The van der Waals surface area contributed by atoms with E-state index in [2.05, 4.69) is 30.9 Å². The number of hydrogen-bond donors (Lipinski definition) is 9. The summed E-state index contributed by atoms with van der Waals surface area (Å²) < 4.78 is 0. The van der Waals surface area contributed by atoms with Gasteiger partial charge in [0.1, 0.15) is 18.1 Å². The van der Waals surface area contributed by atoms with Crippen molar-refractivity contribution in [2.45, 2.75) is 62.7 Å². The van der Waals surface area contributed by atoms with Crippen LogP contribution >= 0.6 is 0 Å². The van der Waals surface area contributed by atoms with Crippen molar-refractivity contribution in [2.24, 2.45) is 11.5 Å². The normalized spacial score (nSPS) is 14.0. The van der Waals surface area contributed by atoms with Gasteiger partial charge in [0, 0.05) is 35.4 Å². The van der Waals surface area contributed by atoms with E-state index >= 15 is 0 Å². The fourth-order valence-corrected chi connectivity index (χ4v) is 4.42. The number of amides is 3. The van der Waals surface area contributed by atoms with Crippen molar-refractivity contribution in [1.29, 1.82) is 0 Å². The third-order valence-corrected chi connectivity index (χ3v) is 6.64. The van der Waals surface area contributed by atoms with Crippen LogP contribution in [0.25, 0.3) is 10.9 Å². The number of aromatic amines is 2. The van der Waals surface area contributed by atoms with Gasteiger partial charge in [-0.25, -0.2) is 9.78 Å². The molecule has 0 spiro atoms. The number of nitrogens with two attached hydrogens (primary N) is 2. The minimum absolute atomic E-state index is 0.111. The molecular formula is C27H36N8O7. The number of benzene rings is 1. The predicted octanol–water partition coefficient (Wildman–Crippen LogP) is -0.854. The van der Waals surface area contributed by atoms with Crippen molar-refractivity contribution < 1.29 is 34.2 Å². The number of imidazole rings is 1. The quantitative estimate of drug-likeness (QED) is 0.0887. The molecule has 2 aromatic heterocycles. The second kappa shape index (κ2) is 15.3. The Morgan fingerprint density at radius 2 is 1.57 bits per heavy atom. The molecule has 3 amide bonds. The number of H-pyrrole nitrogens is 2. The molecule has 42 heavy (non-hydrogen) atoms. The van der Waals surface area contributed by atoms with Crippen molar-refractivity contribution in [3.63, 3.8) is 0 Å². The molecule has 4 unspecified atom stereocenters. The van der Waals surface area contributed by atoms with Crippen LogP contribution in [-0.4, -0.2) is 85.5 Å². The number of unbranched alkanes of at least 4 members (excludes halogenated alkanes) is 1. The summed E-state index contributed by atoms with van der Waals surface area (Å²) in [4.78, 5) is 71.9. The smallest absolute Gasteiger partial charge is 0.326 e. The summed E-state index contributed by atoms with van der Waals surface area (Å²) in [5, 5.41) is 26.7. The van der Waals surface area contributed by atoms with Crippen molar-refractivity contribution in [2.75, 3.05) is 6.54 Å². The van der Waals surface area contributed by atoms with Crippen molar-refractivity contribution in [3.05, 3.63) is 54.2 Å². The molecule has 226 valence electrons. The molecule has 3 rings (SSSR count). The highest BCUT2D eigenvalue weighted by Gasteiger charge is 2.31. The van der Waals surface area contributed by atoms with Crippen LogP contribution in [0.15, 0.2) is 43.0 Å². The summed E-state index contributed by atoms with van der Waals surface area (Å²) in [6.45, 7) is 0.368. The summed E-state index contributed by atoms with van der Waals surface area (Å²) in [7, 11) is 0. The second-order valence-electron chi connectivity index (χ2n) is 9.86. The molecule has 2 heterocycles. The zero-order valence-electron chi connectivity index (χ0n) is 22.8. The molecule has 0 radical (unpaired) electrons. The topological polar surface area (TPSA) is 258 Å². The van der Waals surface area contributed by atoms with Gasteiger partial charge < -0.3 is 47.6 Å². The van der Waals surface area contributed by atoms with Crippen LogP contribution in [0.1, 0.15) is 36.9 Å². The molecule has 0 aliphatic rings. The summed E-state index contributed by atoms with van der Waals surface area (Å²) in [5.41, 5.74) is 14.0. The molecule has 3 aromatic rings. The van der Waals surface area contributed by atoms with E-state index in [0.29, 0.717) is 25.1 Å². The molecule has 0 saturated carbocycles. The summed E-state index contributed by atoms with van der Waals surface area (Å²) in [6, 6.07) is 2.46. The fourth-order valence-electron chi connectivity index (χ4n) is 4.42. The van der Waals surface area contributed by atoms with Crippen molar-refractivity contribution in [3.8, 4) is 0 Å². The summed E-state index contributed by atoms with van der Waals surface area (Å²) >= 11 is 0. The Morgan fingerprint density at radius 1 is 0.881 bits per heavy atom. The molecule has 4 atom stereocenters. The minimum atomic E-state index is -1.72. The molecule has 11 N–H and O–H groups in total. The number of hydrogen-bond acceptors (Lipinski definition) is 8. The number of carboxylic acids is 2. The second-order valence-corrected chi connectivity index (χ2v) is 9.86. The number of aromatic nitrogens is 3. The van der Waals surface area contributed by atoms with Gasteiger partial charge in [0.05, 0.1) is 18.8 Å². The molecule has 15 nitrogen and oxygen atoms in total. The standard InChI is InChI=1S/C27H36N8O7/c28-8-4-3-7-20(33-24(38)18(29)9-15-12-31-19-6-2-1-5-17(15)19)25(39)34-21(10-16-13-30-14-32-16)26(40)35-22(27(41)42)11-23(36)37/h1-2,5-6,12-14,18,20-22,31H,3-4,7-11,28-29H2,(H,30,32)(H,33,38)(H,34,39)(H,35,40)(H,36,37)(H,41,42). The van der Waals surface area contributed by atoms with E-state index in [1.165, 1.54) is 12.5 Å². The molecule has 0 bridgehead atoms. The van der Waals surface area contributed by atoms with Gasteiger partial charge in [-0.05, 0) is 43.9 Å². The van der Waals surface area contributed by atoms with Gasteiger partial charge >= 0.3 is 11.9 Å². The van der Waals surface area contributed by atoms with Crippen LogP contribution in [0.2, 0.25) is 0 Å². The number of nitrogens with one attached hydrogen (secondary N) is 5. The van der Waals surface area contributed by atoms with Crippen LogP contribution in [0.4, 0.5) is 0 Å². The molecule has 1 aromatic carbocycles. The lowest BCUT2D eigenvalue weighted by Crippen LogP contribution is -2.58. The van der Waals surface area contributed by atoms with Gasteiger partial charge in [-0.3, -0.25) is 19.2 Å². The third-order valence-electron chi connectivity index (χ3n) is 6.64. The monoisotopic (exact) mass is 584 g/mol. The van der Waals surface area contributed by atoms with Crippen LogP contribution < -0.4 is 27.4 Å². The summed E-state index contributed by atoms with van der Waals surface area (Å²) in [6.07, 6.45) is 5.05. The first-order valence-corrected chi connectivity index (χ1v) is 13.4. The number of para-hydroxylation sites is 1. The summed E-state index contributed by atoms with van der Waals surface area (Å²) in [5.74, 6) is -5.17. The molecule has 0 aliphatic heterocycles. The van der Waals surface area contributed by atoms with E-state index in [-0.39, 0.29) is 19.3 Å². The van der Waals surface area contributed by atoms with E-state index in [9.17, 15) is 29.1 Å². The largest absolute Gasteiger partial charge is 0.481 e. The van der Waals surface area contributed by atoms with Crippen molar-refractivity contribution >= 4 is 40.6 Å². The Labute approximate surface area is 240 Å². The third kappa shape index (κ3) is 9.14. The number of rotatable bonds is 17. The molecule has 0 fully saturated rings. The Hall–Kier alpha value is -4.76. The Bertz CT molecular complexity index is 1370. The lowest BCUT2D eigenvalue weighted by Gasteiger charge is -2.25. The lowest BCUT2D eigenvalue weighted by atomic mass is 10.0. The first-order chi connectivity index (χ1) is 20.1. The zero-order valence-corrected chi connectivity index (χ0v) is 22.8. The van der Waals surface area contributed by atoms with E-state index in [1.54, 1.807) is 6.20 Å². The predicted molar refractivity (Wildman–Crippen MR) is 151 cm³/mol. The minimum Gasteiger partial charge on any atom is -0.481 e. The van der Waals surface area contributed by atoms with E-state index in [0.717, 1.165) is 16.5 Å². The van der Waals surface area contributed by atoms with Crippen molar-refractivity contribution in [1.82, 2.24) is 30.9 Å². The van der Waals surface area contributed by atoms with Gasteiger partial charge in [0.2, 0.25) is 17.7 Å². The number of fused-ring (bicyclic) bond motifs is 1. The molecule has 0 saturated heterocycles. The first kappa shape index (κ1) is 31.8. The number of aliphatic carboxylic acids is 2. The van der Waals surface area contributed by atoms with Crippen LogP contribution in [-0.2, 0) is 36.8 Å². The SMILES string of the molecule is NCCCCC(NC(=O)C(N)Cc1c[nH]c2ccccc12)C(=O)NC(Cc1cnc[nH]1)C(=O)NC(CC(=O)O)C(=O)O. The van der Waals surface area contributed by atoms with Gasteiger partial charge in [0.15, 0.2) is 0 Å². The van der Waals surface area contributed by atoms with Gasteiger partial charge in [-0.2, -0.15) is 0 Å². The highest BCUT2D eigenvalue weighted by Crippen LogP contribution is 2.19. The number of carbonyl (C=O) groups excluding carboxylic acids is 3. The lowest BCUT2D eigenvalue weighted by molar-refractivity contribution is -0.147. The first-order valence-electron chi connectivity index (χ1n) is 13.4. The number of carboxylic acid groups (broad SMARTS) is 2. The molecule has 15 heteroatoms. The Morgan fingerprint density at radius 3 is 2.24 bits per heavy atom. The average Bonchev–Trinajstić information content (AvgIpc) is 3.61. The van der Waals surface area contributed by atoms with E-state index < -0.39 is 60.2 Å². The molecular weight excluding hydrogens is 548 g/mol. The maximum atomic E-state index is 13.4. The fraction of sp³-hybridized carbons (Fsp3) is 0.407. The average molecular weight is 585 g/mol. The number of carbonyl (C=O) groups is 5. The zero-order chi connectivity index (χ0) is 30.6. The maximum Gasteiger partial charge on any atom is 0.326 e. The number of nitrogens with zero attached hydrogens (tertiary/aromatic N) is 1. The highest BCUT2D eigenvalue weighted by atomic mass is 16.4. The van der Waals surface area contributed by atoms with Gasteiger partial charge in [-0.1, -0.05) is 18.2 Å². The van der Waals surface area contributed by atoms with Crippen LogP contribution in [0, 0.1) is 0 Å². The van der Waals surface area contributed by atoms with E-state index in [4.69, 9.17) is 16.6 Å². The van der Waals surface area contributed by atoms with Crippen LogP contribution in [0.5, 0.6) is 0 Å². The maximum absolute atomic E-state index is 13.4.